The molecule has 19 heavy (non-hydrogen) atoms. The van der Waals surface area contributed by atoms with Crippen LogP contribution in [-0.2, 0) is 6.42 Å². The molecule has 0 aromatic carbocycles. The molecule has 1 amide bonds. The highest BCUT2D eigenvalue weighted by atomic mass is 32.1. The highest BCUT2D eigenvalue weighted by molar-refractivity contribution is 7.14. The molecule has 1 aromatic rings. The van der Waals surface area contributed by atoms with Crippen molar-refractivity contribution in [1.29, 1.82) is 0 Å². The van der Waals surface area contributed by atoms with Crippen molar-refractivity contribution in [2.75, 3.05) is 13.1 Å². The molecule has 1 aliphatic heterocycles. The van der Waals surface area contributed by atoms with Crippen molar-refractivity contribution in [2.24, 2.45) is 11.7 Å². The Morgan fingerprint density at radius 2 is 2.32 bits per heavy atom. The van der Waals surface area contributed by atoms with Gasteiger partial charge in [0.15, 0.2) is 0 Å². The Morgan fingerprint density at radius 3 is 2.89 bits per heavy atom. The van der Waals surface area contributed by atoms with Crippen LogP contribution in [-0.4, -0.2) is 29.9 Å². The summed E-state index contributed by atoms with van der Waals surface area (Å²) in [6.45, 7) is 7.89. The van der Waals surface area contributed by atoms with Crippen LogP contribution in [0.2, 0.25) is 0 Å². The number of carbonyl (C=O) groups is 1. The number of hydrogen-bond donors (Lipinski definition) is 1. The quantitative estimate of drug-likeness (QED) is 0.925. The number of carbonyl (C=O) groups excluding carboxylic acids is 1. The van der Waals surface area contributed by atoms with E-state index in [-0.39, 0.29) is 11.9 Å². The maximum Gasteiger partial charge on any atom is 0.264 e. The first-order chi connectivity index (χ1) is 9.06. The molecule has 0 spiro atoms. The van der Waals surface area contributed by atoms with Crippen LogP contribution in [0.4, 0.5) is 0 Å². The second-order valence-corrected chi connectivity index (χ2v) is 6.72. The van der Waals surface area contributed by atoms with Crippen LogP contribution in [0.1, 0.15) is 46.8 Å². The van der Waals surface area contributed by atoms with E-state index in [1.165, 1.54) is 10.4 Å². The molecule has 1 aliphatic rings. The Balaban J connectivity index is 2.17. The van der Waals surface area contributed by atoms with Crippen molar-refractivity contribution in [2.45, 2.75) is 46.1 Å². The van der Waals surface area contributed by atoms with Gasteiger partial charge in [-0.2, -0.15) is 0 Å². The van der Waals surface area contributed by atoms with Gasteiger partial charge < -0.3 is 10.6 Å². The number of thiophene rings is 1. The first kappa shape index (κ1) is 14.5. The molecule has 4 heteroatoms. The van der Waals surface area contributed by atoms with Crippen LogP contribution in [0.25, 0.3) is 0 Å². The molecule has 1 fully saturated rings. The summed E-state index contributed by atoms with van der Waals surface area (Å²) in [5, 5.41) is 0. The Morgan fingerprint density at radius 1 is 1.58 bits per heavy atom. The minimum atomic E-state index is 0.176. The van der Waals surface area contributed by atoms with E-state index in [1.54, 1.807) is 11.3 Å². The van der Waals surface area contributed by atoms with E-state index in [0.717, 1.165) is 30.7 Å². The van der Waals surface area contributed by atoms with Crippen LogP contribution in [0, 0.1) is 12.8 Å². The second-order valence-electron chi connectivity index (χ2n) is 5.59. The van der Waals surface area contributed by atoms with E-state index >= 15 is 0 Å². The summed E-state index contributed by atoms with van der Waals surface area (Å²) in [6.07, 6.45) is 3.13. The summed E-state index contributed by atoms with van der Waals surface area (Å²) >= 11 is 1.64. The lowest BCUT2D eigenvalue weighted by molar-refractivity contribution is 0.0578. The molecule has 2 heterocycles. The fraction of sp³-hybridized carbons (Fsp3) is 0.667. The molecule has 2 rings (SSSR count). The summed E-state index contributed by atoms with van der Waals surface area (Å²) in [4.78, 5) is 16.8. The summed E-state index contributed by atoms with van der Waals surface area (Å²) in [5.41, 5.74) is 7.08. The van der Waals surface area contributed by atoms with Gasteiger partial charge in [0.25, 0.3) is 5.91 Å². The van der Waals surface area contributed by atoms with E-state index < -0.39 is 0 Å². The van der Waals surface area contributed by atoms with E-state index in [4.69, 9.17) is 5.73 Å². The molecule has 2 atom stereocenters. The van der Waals surface area contributed by atoms with Crippen molar-refractivity contribution in [3.05, 3.63) is 21.4 Å². The SMILES string of the molecule is CCc1sc(C(=O)N2CCC(C)CC2CN)cc1C. The van der Waals surface area contributed by atoms with Crippen LogP contribution in [0.3, 0.4) is 0 Å². The van der Waals surface area contributed by atoms with Gasteiger partial charge in [0.1, 0.15) is 0 Å². The standard InChI is InChI=1S/C15H24N2OS/c1-4-13-11(3)8-14(19-13)15(18)17-6-5-10(2)7-12(17)9-16/h8,10,12H,4-7,9,16H2,1-3H3. The van der Waals surface area contributed by atoms with Gasteiger partial charge in [0.05, 0.1) is 4.88 Å². The fourth-order valence-electron chi connectivity index (χ4n) is 2.86. The molecule has 3 nitrogen and oxygen atoms in total. The van der Waals surface area contributed by atoms with Gasteiger partial charge in [-0.1, -0.05) is 13.8 Å². The Labute approximate surface area is 119 Å². The summed E-state index contributed by atoms with van der Waals surface area (Å²) in [6, 6.07) is 2.25. The number of likely N-dealkylation sites (tertiary alicyclic amines) is 1. The van der Waals surface area contributed by atoms with Crippen molar-refractivity contribution >= 4 is 17.2 Å². The van der Waals surface area contributed by atoms with E-state index in [2.05, 4.69) is 20.8 Å². The lowest BCUT2D eigenvalue weighted by Crippen LogP contribution is -2.49. The predicted molar refractivity (Wildman–Crippen MR) is 80.7 cm³/mol. The van der Waals surface area contributed by atoms with Gasteiger partial charge in [-0.25, -0.2) is 0 Å². The zero-order valence-electron chi connectivity index (χ0n) is 12.1. The minimum absolute atomic E-state index is 0.176. The van der Waals surface area contributed by atoms with Crippen molar-refractivity contribution in [1.82, 2.24) is 4.90 Å². The number of hydrogen-bond acceptors (Lipinski definition) is 3. The Kier molecular flexibility index (Phi) is 4.63. The number of rotatable bonds is 3. The fourth-order valence-corrected chi connectivity index (χ4v) is 3.93. The molecule has 106 valence electrons. The first-order valence-electron chi connectivity index (χ1n) is 7.17. The van der Waals surface area contributed by atoms with Crippen molar-refractivity contribution in [3.63, 3.8) is 0 Å². The van der Waals surface area contributed by atoms with Crippen LogP contribution in [0.5, 0.6) is 0 Å². The maximum absolute atomic E-state index is 12.6. The second kappa shape index (κ2) is 6.06. The molecule has 0 bridgehead atoms. The third kappa shape index (κ3) is 3.00. The average molecular weight is 280 g/mol. The lowest BCUT2D eigenvalue weighted by atomic mass is 9.92. The minimum Gasteiger partial charge on any atom is -0.334 e. The van der Waals surface area contributed by atoms with Gasteiger partial charge in [0.2, 0.25) is 0 Å². The summed E-state index contributed by atoms with van der Waals surface area (Å²) < 4.78 is 0. The molecule has 2 N–H and O–H groups in total. The number of nitrogens with zero attached hydrogens (tertiary/aromatic N) is 1. The zero-order valence-corrected chi connectivity index (χ0v) is 12.9. The lowest BCUT2D eigenvalue weighted by Gasteiger charge is -2.37. The zero-order chi connectivity index (χ0) is 14.0. The van der Waals surface area contributed by atoms with Gasteiger partial charge >= 0.3 is 0 Å². The monoisotopic (exact) mass is 280 g/mol. The van der Waals surface area contributed by atoms with Crippen LogP contribution in [0.15, 0.2) is 6.07 Å². The Bertz CT molecular complexity index is 455. The normalized spacial score (nSPS) is 23.7. The number of nitrogens with two attached hydrogens (primary N) is 1. The molecule has 2 unspecified atom stereocenters. The predicted octanol–water partition coefficient (Wildman–Crippen LogP) is 2.82. The highest BCUT2D eigenvalue weighted by Crippen LogP contribution is 2.28. The van der Waals surface area contributed by atoms with E-state index in [0.29, 0.717) is 12.5 Å². The Hall–Kier alpha value is -0.870. The van der Waals surface area contributed by atoms with E-state index in [1.807, 2.05) is 11.0 Å². The highest BCUT2D eigenvalue weighted by Gasteiger charge is 2.30. The molecule has 1 aromatic heterocycles. The topological polar surface area (TPSA) is 46.3 Å². The van der Waals surface area contributed by atoms with Crippen molar-refractivity contribution < 1.29 is 4.79 Å². The summed E-state index contributed by atoms with van der Waals surface area (Å²) in [7, 11) is 0. The van der Waals surface area contributed by atoms with Gasteiger partial charge in [-0.05, 0) is 43.7 Å². The molecule has 0 aliphatic carbocycles. The maximum atomic E-state index is 12.6. The largest absolute Gasteiger partial charge is 0.334 e. The third-order valence-electron chi connectivity index (χ3n) is 4.06. The molecular weight excluding hydrogens is 256 g/mol. The van der Waals surface area contributed by atoms with Crippen LogP contribution >= 0.6 is 11.3 Å². The number of amides is 1. The smallest absolute Gasteiger partial charge is 0.264 e. The third-order valence-corrected chi connectivity index (χ3v) is 5.43. The number of piperidine rings is 1. The average Bonchev–Trinajstić information content (AvgIpc) is 2.79. The molecule has 1 saturated heterocycles. The van der Waals surface area contributed by atoms with Gasteiger partial charge in [-0.3, -0.25) is 4.79 Å². The molecular formula is C15H24N2OS. The molecule has 0 radical (unpaired) electrons. The molecule has 0 saturated carbocycles. The van der Waals surface area contributed by atoms with Crippen LogP contribution < -0.4 is 5.73 Å². The number of aryl methyl sites for hydroxylation is 2. The van der Waals surface area contributed by atoms with Gasteiger partial charge in [-0.15, -0.1) is 11.3 Å². The van der Waals surface area contributed by atoms with Crippen molar-refractivity contribution in [3.8, 4) is 0 Å². The first-order valence-corrected chi connectivity index (χ1v) is 7.98. The summed E-state index contributed by atoms with van der Waals surface area (Å²) in [5.74, 6) is 0.851. The van der Waals surface area contributed by atoms with Gasteiger partial charge in [0, 0.05) is 24.0 Å². The van der Waals surface area contributed by atoms with E-state index in [9.17, 15) is 4.79 Å².